The number of hydrogen-bond acceptors (Lipinski definition) is 3. The van der Waals surface area contributed by atoms with Crippen LogP contribution in [0.4, 0.5) is 0 Å². The summed E-state index contributed by atoms with van der Waals surface area (Å²) in [6.07, 6.45) is 3.25. The normalized spacial score (nSPS) is 27.5. The van der Waals surface area contributed by atoms with Crippen LogP contribution in [0.25, 0.3) is 0 Å². The van der Waals surface area contributed by atoms with Crippen LogP contribution in [-0.4, -0.2) is 24.2 Å². The monoisotopic (exact) mass is 213 g/mol. The van der Waals surface area contributed by atoms with Gasteiger partial charge in [-0.15, -0.1) is 0 Å². The standard InChI is InChI=1S/C12H23NO2/c1-5-9-6-7-13-10(8-9)11(14)15-12(2,3)4/h9-10,13H,5-8H2,1-4H3. The van der Waals surface area contributed by atoms with Crippen molar-refractivity contribution in [3.8, 4) is 0 Å². The van der Waals surface area contributed by atoms with Gasteiger partial charge in [-0.2, -0.15) is 0 Å². The summed E-state index contributed by atoms with van der Waals surface area (Å²) >= 11 is 0. The minimum Gasteiger partial charge on any atom is -0.459 e. The van der Waals surface area contributed by atoms with Gasteiger partial charge in [0, 0.05) is 0 Å². The van der Waals surface area contributed by atoms with Crippen molar-refractivity contribution >= 4 is 5.97 Å². The Bertz CT molecular complexity index is 220. The number of hydrogen-bond donors (Lipinski definition) is 1. The first-order valence-electron chi connectivity index (χ1n) is 5.88. The third-order valence-electron chi connectivity index (χ3n) is 2.78. The molecular weight excluding hydrogens is 190 g/mol. The summed E-state index contributed by atoms with van der Waals surface area (Å²) in [5, 5.41) is 3.23. The van der Waals surface area contributed by atoms with Crippen molar-refractivity contribution in [2.75, 3.05) is 6.54 Å². The Morgan fingerprint density at radius 1 is 1.47 bits per heavy atom. The zero-order chi connectivity index (χ0) is 11.5. The lowest BCUT2D eigenvalue weighted by atomic mass is 9.90. The Morgan fingerprint density at radius 3 is 2.67 bits per heavy atom. The van der Waals surface area contributed by atoms with Crippen LogP contribution in [0, 0.1) is 5.92 Å². The summed E-state index contributed by atoms with van der Waals surface area (Å²) in [5.74, 6) is 0.574. The molecule has 1 N–H and O–H groups in total. The van der Waals surface area contributed by atoms with Crippen molar-refractivity contribution in [2.24, 2.45) is 5.92 Å². The molecule has 0 aromatic carbocycles. The van der Waals surface area contributed by atoms with Crippen LogP contribution in [0.5, 0.6) is 0 Å². The fraction of sp³-hybridized carbons (Fsp3) is 0.917. The van der Waals surface area contributed by atoms with Crippen LogP contribution >= 0.6 is 0 Å². The van der Waals surface area contributed by atoms with Crippen molar-refractivity contribution < 1.29 is 9.53 Å². The quantitative estimate of drug-likeness (QED) is 0.714. The Balaban J connectivity index is 2.45. The van der Waals surface area contributed by atoms with Crippen molar-refractivity contribution in [3.05, 3.63) is 0 Å². The molecule has 0 radical (unpaired) electrons. The Labute approximate surface area is 92.6 Å². The smallest absolute Gasteiger partial charge is 0.323 e. The maximum absolute atomic E-state index is 11.8. The molecule has 0 aliphatic carbocycles. The minimum atomic E-state index is -0.377. The minimum absolute atomic E-state index is 0.0945. The van der Waals surface area contributed by atoms with E-state index < -0.39 is 0 Å². The van der Waals surface area contributed by atoms with Gasteiger partial charge < -0.3 is 10.1 Å². The molecule has 0 saturated carbocycles. The first-order valence-corrected chi connectivity index (χ1v) is 5.88. The van der Waals surface area contributed by atoms with E-state index in [0.717, 1.165) is 19.4 Å². The van der Waals surface area contributed by atoms with E-state index in [-0.39, 0.29) is 17.6 Å². The molecule has 3 heteroatoms. The number of carbonyl (C=O) groups is 1. The van der Waals surface area contributed by atoms with Gasteiger partial charge in [0.25, 0.3) is 0 Å². The van der Waals surface area contributed by atoms with Crippen LogP contribution in [-0.2, 0) is 9.53 Å². The van der Waals surface area contributed by atoms with Gasteiger partial charge >= 0.3 is 5.97 Å². The molecule has 0 aromatic heterocycles. The Morgan fingerprint density at radius 2 is 2.13 bits per heavy atom. The molecule has 88 valence electrons. The van der Waals surface area contributed by atoms with E-state index in [0.29, 0.717) is 5.92 Å². The van der Waals surface area contributed by atoms with Crippen LogP contribution in [0.3, 0.4) is 0 Å². The second-order valence-corrected chi connectivity index (χ2v) is 5.34. The molecule has 15 heavy (non-hydrogen) atoms. The van der Waals surface area contributed by atoms with Gasteiger partial charge in [0.1, 0.15) is 11.6 Å². The molecule has 1 heterocycles. The number of carbonyl (C=O) groups excluding carboxylic acids is 1. The molecule has 3 nitrogen and oxygen atoms in total. The topological polar surface area (TPSA) is 38.3 Å². The van der Waals surface area contributed by atoms with Gasteiger partial charge in [0.2, 0.25) is 0 Å². The Kier molecular flexibility index (Phi) is 4.14. The maximum atomic E-state index is 11.8. The van der Waals surface area contributed by atoms with Gasteiger partial charge in [-0.05, 0) is 46.1 Å². The van der Waals surface area contributed by atoms with E-state index in [1.165, 1.54) is 6.42 Å². The fourth-order valence-electron chi connectivity index (χ4n) is 1.92. The highest BCUT2D eigenvalue weighted by Crippen LogP contribution is 2.21. The first-order chi connectivity index (χ1) is 6.92. The molecule has 1 rings (SSSR count). The van der Waals surface area contributed by atoms with Gasteiger partial charge in [0.05, 0.1) is 0 Å². The highest BCUT2D eigenvalue weighted by molar-refractivity contribution is 5.76. The molecule has 2 atom stereocenters. The third kappa shape index (κ3) is 4.20. The molecule has 0 spiro atoms. The van der Waals surface area contributed by atoms with E-state index in [9.17, 15) is 4.79 Å². The average molecular weight is 213 g/mol. The molecule has 0 amide bonds. The highest BCUT2D eigenvalue weighted by atomic mass is 16.6. The van der Waals surface area contributed by atoms with E-state index in [1.807, 2.05) is 20.8 Å². The van der Waals surface area contributed by atoms with Gasteiger partial charge in [-0.1, -0.05) is 13.3 Å². The van der Waals surface area contributed by atoms with Crippen LogP contribution in [0.15, 0.2) is 0 Å². The zero-order valence-electron chi connectivity index (χ0n) is 10.3. The summed E-state index contributed by atoms with van der Waals surface area (Å²) in [7, 11) is 0. The number of rotatable bonds is 2. The van der Waals surface area contributed by atoms with Crippen molar-refractivity contribution in [1.82, 2.24) is 5.32 Å². The van der Waals surface area contributed by atoms with Crippen LogP contribution < -0.4 is 5.32 Å². The van der Waals surface area contributed by atoms with Crippen molar-refractivity contribution in [3.63, 3.8) is 0 Å². The van der Waals surface area contributed by atoms with Gasteiger partial charge in [-0.3, -0.25) is 4.79 Å². The first kappa shape index (κ1) is 12.5. The fourth-order valence-corrected chi connectivity index (χ4v) is 1.92. The SMILES string of the molecule is CCC1CCNC(C(=O)OC(C)(C)C)C1. The number of piperidine rings is 1. The predicted octanol–water partition coefficient (Wildman–Crippen LogP) is 2.11. The summed E-state index contributed by atoms with van der Waals surface area (Å²) in [6.45, 7) is 8.84. The lowest BCUT2D eigenvalue weighted by Gasteiger charge is -2.30. The zero-order valence-corrected chi connectivity index (χ0v) is 10.3. The molecule has 0 aromatic rings. The Hall–Kier alpha value is -0.570. The number of esters is 1. The summed E-state index contributed by atoms with van der Waals surface area (Å²) in [4.78, 5) is 11.8. The van der Waals surface area contributed by atoms with Gasteiger partial charge in [-0.25, -0.2) is 0 Å². The predicted molar refractivity (Wildman–Crippen MR) is 60.7 cm³/mol. The maximum Gasteiger partial charge on any atom is 0.323 e. The second kappa shape index (κ2) is 4.97. The summed E-state index contributed by atoms with van der Waals surface area (Å²) in [6, 6.07) is -0.0945. The molecular formula is C12H23NO2. The van der Waals surface area contributed by atoms with Gasteiger partial charge in [0.15, 0.2) is 0 Å². The largest absolute Gasteiger partial charge is 0.459 e. The van der Waals surface area contributed by atoms with E-state index in [1.54, 1.807) is 0 Å². The number of ether oxygens (including phenoxy) is 1. The second-order valence-electron chi connectivity index (χ2n) is 5.34. The van der Waals surface area contributed by atoms with Crippen LogP contribution in [0.1, 0.15) is 47.0 Å². The summed E-state index contributed by atoms with van der Waals surface area (Å²) in [5.41, 5.74) is -0.377. The third-order valence-corrected chi connectivity index (χ3v) is 2.78. The van der Waals surface area contributed by atoms with E-state index >= 15 is 0 Å². The molecule has 2 unspecified atom stereocenters. The summed E-state index contributed by atoms with van der Waals surface area (Å²) < 4.78 is 5.37. The molecule has 1 saturated heterocycles. The van der Waals surface area contributed by atoms with Crippen molar-refractivity contribution in [2.45, 2.75) is 58.6 Å². The molecule has 1 aliphatic rings. The van der Waals surface area contributed by atoms with E-state index in [2.05, 4.69) is 12.2 Å². The average Bonchev–Trinajstić information content (AvgIpc) is 2.15. The van der Waals surface area contributed by atoms with Crippen LogP contribution in [0.2, 0.25) is 0 Å². The van der Waals surface area contributed by atoms with Crippen molar-refractivity contribution in [1.29, 1.82) is 0 Å². The molecule has 0 bridgehead atoms. The molecule has 1 fully saturated rings. The molecule has 1 aliphatic heterocycles. The highest BCUT2D eigenvalue weighted by Gasteiger charge is 2.29. The van der Waals surface area contributed by atoms with E-state index in [4.69, 9.17) is 4.74 Å². The lowest BCUT2D eigenvalue weighted by Crippen LogP contribution is -2.46. The lowest BCUT2D eigenvalue weighted by molar-refractivity contribution is -0.158. The number of nitrogens with one attached hydrogen (secondary N) is 1.